The van der Waals surface area contributed by atoms with E-state index in [1.54, 1.807) is 6.20 Å². The molecular formula is C7H9NO3S. The van der Waals surface area contributed by atoms with E-state index < -0.39 is 0 Å². The molecule has 12 heavy (non-hydrogen) atoms. The second kappa shape index (κ2) is 4.95. The van der Waals surface area contributed by atoms with Gasteiger partial charge in [-0.3, -0.25) is 4.79 Å². The van der Waals surface area contributed by atoms with Crippen molar-refractivity contribution in [3.05, 3.63) is 12.5 Å². The summed E-state index contributed by atoms with van der Waals surface area (Å²) in [7, 11) is 1.49. The van der Waals surface area contributed by atoms with Crippen LogP contribution in [-0.4, -0.2) is 30.2 Å². The maximum absolute atomic E-state index is 10.9. The highest BCUT2D eigenvalue weighted by atomic mass is 32.2. The van der Waals surface area contributed by atoms with Gasteiger partial charge >= 0.3 is 0 Å². The highest BCUT2D eigenvalue weighted by Crippen LogP contribution is 2.13. The number of aromatic nitrogens is 1. The van der Waals surface area contributed by atoms with Crippen molar-refractivity contribution in [2.75, 3.05) is 19.5 Å². The van der Waals surface area contributed by atoms with Gasteiger partial charge in [0, 0.05) is 7.11 Å². The van der Waals surface area contributed by atoms with Crippen LogP contribution in [0.3, 0.4) is 0 Å². The number of thioether (sulfide) groups is 1. The summed E-state index contributed by atoms with van der Waals surface area (Å²) in [4.78, 5) is 14.8. The summed E-state index contributed by atoms with van der Waals surface area (Å²) in [5.41, 5.74) is 0. The summed E-state index contributed by atoms with van der Waals surface area (Å²) in [5.74, 6) is 0.370. The van der Waals surface area contributed by atoms with Crippen molar-refractivity contribution in [2.24, 2.45) is 0 Å². The van der Waals surface area contributed by atoms with E-state index in [1.165, 1.54) is 25.1 Å². The fraction of sp³-hybridized carbons (Fsp3) is 0.429. The molecule has 1 heterocycles. The van der Waals surface area contributed by atoms with Crippen LogP contribution in [-0.2, 0) is 9.53 Å². The Morgan fingerprint density at radius 2 is 2.67 bits per heavy atom. The Hall–Kier alpha value is -0.810. The minimum Gasteiger partial charge on any atom is -0.440 e. The number of nitrogens with zero attached hydrogens (tertiary/aromatic N) is 1. The Labute approximate surface area is 74.3 Å². The molecule has 5 heteroatoms. The zero-order valence-electron chi connectivity index (χ0n) is 6.65. The molecule has 0 fully saturated rings. The van der Waals surface area contributed by atoms with E-state index in [2.05, 4.69) is 9.72 Å². The Kier molecular flexibility index (Phi) is 3.83. The Morgan fingerprint density at radius 3 is 3.25 bits per heavy atom. The Balaban J connectivity index is 2.22. The topological polar surface area (TPSA) is 52.3 Å². The largest absolute Gasteiger partial charge is 0.440 e. The highest BCUT2D eigenvalue weighted by molar-refractivity contribution is 7.99. The molecule has 0 saturated carbocycles. The molecule has 0 amide bonds. The lowest BCUT2D eigenvalue weighted by Gasteiger charge is -1.95. The van der Waals surface area contributed by atoms with E-state index in [4.69, 9.17) is 4.42 Å². The average molecular weight is 187 g/mol. The first-order valence-corrected chi connectivity index (χ1v) is 4.34. The number of methoxy groups -OCH3 is 1. The first kappa shape index (κ1) is 9.28. The Morgan fingerprint density at radius 1 is 1.83 bits per heavy atom. The minimum absolute atomic E-state index is 0.0284. The number of hydrogen-bond acceptors (Lipinski definition) is 5. The van der Waals surface area contributed by atoms with Crippen LogP contribution in [0.25, 0.3) is 0 Å². The zero-order valence-corrected chi connectivity index (χ0v) is 7.47. The van der Waals surface area contributed by atoms with Gasteiger partial charge in [-0.05, 0) is 0 Å². The molecule has 66 valence electrons. The molecule has 1 aromatic heterocycles. The van der Waals surface area contributed by atoms with Gasteiger partial charge in [0.2, 0.25) is 0 Å². The maximum atomic E-state index is 10.9. The van der Waals surface area contributed by atoms with E-state index in [1.807, 2.05) is 0 Å². The van der Waals surface area contributed by atoms with Crippen LogP contribution in [0.1, 0.15) is 0 Å². The van der Waals surface area contributed by atoms with Gasteiger partial charge in [0.15, 0.2) is 5.78 Å². The number of carbonyl (C=O) groups excluding carboxylic acids is 1. The van der Waals surface area contributed by atoms with Crippen LogP contribution in [0.15, 0.2) is 22.1 Å². The minimum atomic E-state index is 0.0284. The van der Waals surface area contributed by atoms with E-state index in [9.17, 15) is 4.79 Å². The molecule has 4 nitrogen and oxygen atoms in total. The van der Waals surface area contributed by atoms with Gasteiger partial charge in [-0.1, -0.05) is 11.8 Å². The molecule has 0 aliphatic carbocycles. The third-order valence-corrected chi connectivity index (χ3v) is 1.99. The smallest absolute Gasteiger partial charge is 0.255 e. The van der Waals surface area contributed by atoms with Crippen molar-refractivity contribution in [2.45, 2.75) is 5.22 Å². The van der Waals surface area contributed by atoms with E-state index >= 15 is 0 Å². The lowest BCUT2D eigenvalue weighted by Crippen LogP contribution is -2.08. The number of oxazole rings is 1. The van der Waals surface area contributed by atoms with Gasteiger partial charge in [0.25, 0.3) is 5.22 Å². The lowest BCUT2D eigenvalue weighted by atomic mass is 10.5. The quantitative estimate of drug-likeness (QED) is 0.643. The van der Waals surface area contributed by atoms with Crippen molar-refractivity contribution in [3.63, 3.8) is 0 Å². The van der Waals surface area contributed by atoms with E-state index in [0.29, 0.717) is 11.0 Å². The molecule has 1 aromatic rings. The molecule has 0 atom stereocenters. The maximum Gasteiger partial charge on any atom is 0.255 e. The average Bonchev–Trinajstić information content (AvgIpc) is 2.53. The van der Waals surface area contributed by atoms with Crippen LogP contribution in [0.4, 0.5) is 0 Å². The van der Waals surface area contributed by atoms with Crippen LogP contribution < -0.4 is 0 Å². The first-order chi connectivity index (χ1) is 5.83. The number of rotatable bonds is 5. The molecule has 1 rings (SSSR count). The summed E-state index contributed by atoms with van der Waals surface area (Å²) in [6.45, 7) is 0.147. The zero-order chi connectivity index (χ0) is 8.81. The van der Waals surface area contributed by atoms with Gasteiger partial charge in [-0.15, -0.1) is 0 Å². The van der Waals surface area contributed by atoms with E-state index in [0.717, 1.165) is 0 Å². The van der Waals surface area contributed by atoms with Crippen molar-refractivity contribution >= 4 is 17.5 Å². The van der Waals surface area contributed by atoms with E-state index in [-0.39, 0.29) is 12.4 Å². The van der Waals surface area contributed by atoms with Crippen LogP contribution in [0.5, 0.6) is 0 Å². The number of Topliss-reactive ketones (excluding diaryl/α,β-unsaturated/α-hetero) is 1. The predicted octanol–water partition coefficient (Wildman–Crippen LogP) is 0.982. The second-order valence-corrected chi connectivity index (χ2v) is 2.98. The monoisotopic (exact) mass is 187 g/mol. The van der Waals surface area contributed by atoms with Gasteiger partial charge in [-0.2, -0.15) is 0 Å². The first-order valence-electron chi connectivity index (χ1n) is 3.36. The van der Waals surface area contributed by atoms with Crippen LogP contribution in [0.2, 0.25) is 0 Å². The van der Waals surface area contributed by atoms with Gasteiger partial charge in [0.05, 0.1) is 11.9 Å². The third kappa shape index (κ3) is 3.06. The highest BCUT2D eigenvalue weighted by Gasteiger charge is 2.04. The van der Waals surface area contributed by atoms with Gasteiger partial charge in [-0.25, -0.2) is 4.98 Å². The number of carbonyl (C=O) groups is 1. The fourth-order valence-corrected chi connectivity index (χ4v) is 1.25. The van der Waals surface area contributed by atoms with Crippen LogP contribution in [0, 0.1) is 0 Å². The summed E-state index contributed by atoms with van der Waals surface area (Å²) in [5, 5.41) is 0.513. The van der Waals surface area contributed by atoms with Crippen molar-refractivity contribution in [1.29, 1.82) is 0 Å². The number of ether oxygens (including phenoxy) is 1. The third-order valence-electron chi connectivity index (χ3n) is 1.07. The van der Waals surface area contributed by atoms with Crippen LogP contribution >= 0.6 is 11.8 Å². The lowest BCUT2D eigenvalue weighted by molar-refractivity contribution is -0.120. The molecule has 0 N–H and O–H groups in total. The molecule has 0 unspecified atom stereocenters. The molecule has 0 aliphatic heterocycles. The standard InChI is InChI=1S/C7H9NO3S/c1-10-4-6(9)5-12-7-8-2-3-11-7/h2-3H,4-5H2,1H3. The summed E-state index contributed by atoms with van der Waals surface area (Å²) >= 11 is 1.27. The number of hydrogen-bond donors (Lipinski definition) is 0. The molecule has 0 spiro atoms. The van der Waals surface area contributed by atoms with Gasteiger partial charge in [0.1, 0.15) is 12.9 Å². The predicted molar refractivity (Wildman–Crippen MR) is 44.1 cm³/mol. The summed E-state index contributed by atoms with van der Waals surface area (Å²) in [6.07, 6.45) is 3.02. The normalized spacial score (nSPS) is 10.1. The summed E-state index contributed by atoms with van der Waals surface area (Å²) < 4.78 is 9.58. The molecule has 0 saturated heterocycles. The second-order valence-electron chi connectivity index (χ2n) is 2.06. The Bertz CT molecular complexity index is 235. The van der Waals surface area contributed by atoms with Crippen molar-refractivity contribution in [1.82, 2.24) is 4.98 Å². The number of ketones is 1. The molecule has 0 bridgehead atoms. The summed E-state index contributed by atoms with van der Waals surface area (Å²) in [6, 6.07) is 0. The molecule has 0 aliphatic rings. The van der Waals surface area contributed by atoms with Gasteiger partial charge < -0.3 is 9.15 Å². The molecule has 0 aromatic carbocycles. The molecule has 0 radical (unpaired) electrons. The van der Waals surface area contributed by atoms with Crippen molar-refractivity contribution in [3.8, 4) is 0 Å². The molecular weight excluding hydrogens is 178 g/mol. The van der Waals surface area contributed by atoms with Crippen molar-refractivity contribution < 1.29 is 13.9 Å². The SMILES string of the molecule is COCC(=O)CSc1ncco1. The fourth-order valence-electron chi connectivity index (χ4n) is 0.627.